The van der Waals surface area contributed by atoms with Crippen molar-refractivity contribution in [3.8, 4) is 89.0 Å². The SMILES string of the molecule is C.C.CCC.COC=Cc1ccccc1-c1ccc2c(-c3ccccc3)c3ccccc3c(-c3ccccc3)c2c1.CS(=O)(=O)O.C[O-].C[O-].O=Cc1ccccc1-c1ccc2c(-c3ccccc3)c3ccccc3c(-c3ccccc3)c2c1.c1ccc(-c2c3ccccc3c(-c3ccccc3)c3c2ccc2c4ccccc4ccc23)cc1. The van der Waals surface area contributed by atoms with Crippen LogP contribution in [0.4, 0.5) is 0 Å². The number of methoxy groups -OCH3 is 1. The Morgan fingerprint density at radius 2 is 0.542 bits per heavy atom. The molecule has 0 unspecified atom stereocenters. The molecular formula is C110H96O7S-2. The van der Waals surface area contributed by atoms with Gasteiger partial charge in [-0.2, -0.15) is 22.6 Å². The molecule has 8 heteroatoms. The van der Waals surface area contributed by atoms with Gasteiger partial charge in [-0.1, -0.05) is 411 Å². The van der Waals surface area contributed by atoms with Gasteiger partial charge in [-0.3, -0.25) is 9.35 Å². The van der Waals surface area contributed by atoms with E-state index in [1.165, 1.54) is 170 Å². The Balaban J connectivity index is 0.000000161. The highest BCUT2D eigenvalue weighted by Crippen LogP contribution is 2.50. The van der Waals surface area contributed by atoms with Crippen LogP contribution < -0.4 is 10.2 Å². The van der Waals surface area contributed by atoms with Crippen molar-refractivity contribution < 1.29 is 32.7 Å². The summed E-state index contributed by atoms with van der Waals surface area (Å²) in [6.07, 6.45) is 6.66. The fraction of sp³-hybridized carbons (Fsp3) is 0.0818. The zero-order valence-electron chi connectivity index (χ0n) is 65.7. The molecule has 0 fully saturated rings. The largest absolute Gasteiger partial charge is 0.857 e. The summed E-state index contributed by atoms with van der Waals surface area (Å²) in [6, 6.07) is 138. The van der Waals surface area contributed by atoms with Crippen molar-refractivity contribution in [2.75, 3.05) is 27.6 Å². The zero-order chi connectivity index (χ0) is 80.9. The van der Waals surface area contributed by atoms with Crippen LogP contribution in [0.3, 0.4) is 0 Å². The van der Waals surface area contributed by atoms with Crippen LogP contribution in [0.1, 0.15) is 51.0 Å². The molecule has 7 nitrogen and oxygen atoms in total. The molecule has 0 aliphatic rings. The van der Waals surface area contributed by atoms with Crippen LogP contribution in [0.25, 0.3) is 181 Å². The number of benzene rings is 19. The molecule has 0 atom stereocenters. The first-order valence-electron chi connectivity index (χ1n) is 38.7. The first-order valence-corrected chi connectivity index (χ1v) is 40.5. The highest BCUT2D eigenvalue weighted by molar-refractivity contribution is 7.85. The van der Waals surface area contributed by atoms with Crippen molar-refractivity contribution in [1.29, 1.82) is 0 Å². The zero-order valence-corrected chi connectivity index (χ0v) is 66.5. The van der Waals surface area contributed by atoms with Crippen molar-refractivity contribution in [3.63, 3.8) is 0 Å². The van der Waals surface area contributed by atoms with Crippen LogP contribution in [0.2, 0.25) is 0 Å². The Hall–Kier alpha value is -13.7. The van der Waals surface area contributed by atoms with E-state index in [0.29, 0.717) is 11.8 Å². The Morgan fingerprint density at radius 3 is 0.907 bits per heavy atom. The van der Waals surface area contributed by atoms with Gasteiger partial charge in [-0.15, -0.1) is 0 Å². The fourth-order valence-electron chi connectivity index (χ4n) is 15.8. The molecule has 0 heterocycles. The maximum atomic E-state index is 11.8. The molecule has 586 valence electrons. The number of fused-ring (bicyclic) bond motifs is 10. The van der Waals surface area contributed by atoms with Gasteiger partial charge >= 0.3 is 0 Å². The first-order chi connectivity index (χ1) is 57.0. The molecule has 0 spiro atoms. The summed E-state index contributed by atoms with van der Waals surface area (Å²) < 4.78 is 31.1. The van der Waals surface area contributed by atoms with Crippen LogP contribution in [0.5, 0.6) is 0 Å². The van der Waals surface area contributed by atoms with Crippen LogP contribution >= 0.6 is 0 Å². The molecule has 1 N–H and O–H groups in total. The lowest BCUT2D eigenvalue weighted by atomic mass is 9.83. The van der Waals surface area contributed by atoms with Gasteiger partial charge in [0, 0.05) is 5.56 Å². The van der Waals surface area contributed by atoms with E-state index in [4.69, 9.17) is 19.5 Å². The molecule has 0 radical (unpaired) electrons. The van der Waals surface area contributed by atoms with E-state index in [9.17, 15) is 13.2 Å². The maximum absolute atomic E-state index is 11.8. The molecule has 19 rings (SSSR count). The van der Waals surface area contributed by atoms with E-state index in [2.05, 4.69) is 378 Å². The molecule has 0 aliphatic heterocycles. The van der Waals surface area contributed by atoms with Gasteiger partial charge in [0.1, 0.15) is 0 Å². The van der Waals surface area contributed by atoms with Gasteiger partial charge in [0.15, 0.2) is 6.29 Å². The fourth-order valence-corrected chi connectivity index (χ4v) is 15.8. The lowest BCUT2D eigenvalue weighted by Gasteiger charge is -2.19. The minimum absolute atomic E-state index is 0. The minimum Gasteiger partial charge on any atom is -0.857 e. The first kappa shape index (κ1) is 85.2. The summed E-state index contributed by atoms with van der Waals surface area (Å²) in [4.78, 5) is 11.8. The van der Waals surface area contributed by atoms with Gasteiger partial charge < -0.3 is 14.9 Å². The second-order valence-corrected chi connectivity index (χ2v) is 29.2. The van der Waals surface area contributed by atoms with E-state index >= 15 is 0 Å². The smallest absolute Gasteiger partial charge is 0.261 e. The average molecular weight is 1560 g/mol. The number of hydrogen-bond donors (Lipinski definition) is 1. The molecular weight excluding hydrogens is 1470 g/mol. The maximum Gasteiger partial charge on any atom is 0.261 e. The molecule has 0 aliphatic carbocycles. The van der Waals surface area contributed by atoms with Crippen molar-refractivity contribution >= 4 is 109 Å². The van der Waals surface area contributed by atoms with E-state index in [0.717, 1.165) is 37.2 Å². The number of ether oxygens (including phenoxy) is 1. The Bertz CT molecular complexity index is 6750. The van der Waals surface area contributed by atoms with Gasteiger partial charge in [0.25, 0.3) is 10.1 Å². The predicted octanol–water partition coefficient (Wildman–Crippen LogP) is 28.2. The van der Waals surface area contributed by atoms with Crippen LogP contribution in [0.15, 0.2) is 395 Å². The molecule has 19 aromatic rings. The Kier molecular flexibility index (Phi) is 29.3. The summed E-state index contributed by atoms with van der Waals surface area (Å²) >= 11 is 0. The highest BCUT2D eigenvalue weighted by atomic mass is 32.2. The van der Waals surface area contributed by atoms with E-state index < -0.39 is 10.1 Å². The van der Waals surface area contributed by atoms with Crippen LogP contribution in [0, 0.1) is 0 Å². The van der Waals surface area contributed by atoms with Crippen LogP contribution in [-0.4, -0.2) is 46.8 Å². The van der Waals surface area contributed by atoms with Gasteiger partial charge in [0.2, 0.25) is 0 Å². The normalized spacial score (nSPS) is 10.7. The van der Waals surface area contributed by atoms with Crippen molar-refractivity contribution in [2.24, 2.45) is 0 Å². The lowest BCUT2D eigenvalue weighted by Crippen LogP contribution is -1.92. The molecule has 0 bridgehead atoms. The third kappa shape index (κ3) is 18.5. The number of carbonyl (C=O) groups excluding carboxylic acids is 1. The van der Waals surface area contributed by atoms with Gasteiger partial charge in [0.05, 0.1) is 19.6 Å². The molecule has 0 saturated heterocycles. The minimum atomic E-state index is -3.67. The van der Waals surface area contributed by atoms with Crippen LogP contribution in [-0.2, 0) is 14.9 Å². The van der Waals surface area contributed by atoms with Gasteiger partial charge in [-0.25, -0.2) is 0 Å². The quantitative estimate of drug-likeness (QED) is 0.0449. The molecule has 19 aromatic carbocycles. The molecule has 0 saturated carbocycles. The summed E-state index contributed by atoms with van der Waals surface area (Å²) in [5, 5.41) is 36.8. The van der Waals surface area contributed by atoms with Crippen molar-refractivity contribution in [2.45, 2.75) is 35.1 Å². The van der Waals surface area contributed by atoms with Gasteiger partial charge in [-0.05, 0) is 199 Å². The summed E-state index contributed by atoms with van der Waals surface area (Å²) in [7, 11) is -0.489. The second-order valence-electron chi connectivity index (χ2n) is 27.7. The highest BCUT2D eigenvalue weighted by Gasteiger charge is 2.23. The third-order valence-electron chi connectivity index (χ3n) is 20.4. The topological polar surface area (TPSA) is 127 Å². The number of rotatable bonds is 11. The molecule has 0 amide bonds. The number of hydrogen-bond acceptors (Lipinski definition) is 6. The standard InChI is InChI=1S/C35H26O.C34H22.C33H22O.C3H8.CH4O3S.2CH3O.2CH4/c1-36-23-22-25-12-8-9-17-29(25)28-20-21-32-33(24-28)35(27-15-6-3-7-16-27)31-19-11-10-18-30(31)34(32)26-13-4-2-5-14-26;1-3-12-24(13-4-1)32-28-17-9-10-18-29(28)33(25-14-5-2-6-15-25)34-30-20-19-23-11-7-8-16-26(23)27(30)21-22-31(32)34;34-22-26-15-7-8-16-27(26)25-19-20-30-31(21-25)33(24-13-5-2-6-14-24)29-18-10-9-17-28(29)32(30)23-11-3-1-4-12-23;1-3-2;1-5(2,3)4;2*1-2;;/h2-24H,1H3;2*1-22H;3H2,1-2H3;1H3,(H,2,3,4);2*1H3;2*1H4/q;;;;;2*-1;;. The van der Waals surface area contributed by atoms with E-state index in [1.807, 2.05) is 30.3 Å². The molecule has 0 aromatic heterocycles. The monoisotopic (exact) mass is 1560 g/mol. The van der Waals surface area contributed by atoms with E-state index in [-0.39, 0.29) is 14.9 Å². The van der Waals surface area contributed by atoms with Crippen molar-refractivity contribution in [3.05, 3.63) is 406 Å². The Morgan fingerprint density at radius 1 is 0.288 bits per heavy atom. The summed E-state index contributed by atoms with van der Waals surface area (Å²) in [5.41, 5.74) is 21.2. The lowest BCUT2D eigenvalue weighted by molar-refractivity contribution is -0.325. The number of aldehydes is 1. The number of carbonyl (C=O) groups is 1. The average Bonchev–Trinajstić information content (AvgIpc) is 0.729. The summed E-state index contributed by atoms with van der Waals surface area (Å²) in [5.74, 6) is 0. The second kappa shape index (κ2) is 40.5. The third-order valence-corrected chi connectivity index (χ3v) is 20.4. The molecule has 118 heavy (non-hydrogen) atoms. The Labute approximate surface area is 694 Å². The predicted molar refractivity (Wildman–Crippen MR) is 503 cm³/mol. The van der Waals surface area contributed by atoms with Crippen molar-refractivity contribution in [1.82, 2.24) is 0 Å². The van der Waals surface area contributed by atoms with E-state index in [1.54, 1.807) is 13.4 Å². The summed E-state index contributed by atoms with van der Waals surface area (Å²) in [6.45, 7) is 4.25.